The molecular weight excluding hydrogens is 402 g/mol. The number of hydrogen-bond acceptors (Lipinski definition) is 8. The Morgan fingerprint density at radius 3 is 2.52 bits per heavy atom. The number of phenols is 1. The van der Waals surface area contributed by atoms with Crippen molar-refractivity contribution in [3.8, 4) is 5.75 Å². The van der Waals surface area contributed by atoms with Crippen molar-refractivity contribution in [2.24, 2.45) is 23.3 Å². The molecule has 3 aliphatic carbocycles. The fourth-order valence-electron chi connectivity index (χ4n) is 5.25. The second-order valence-corrected chi connectivity index (χ2v) is 8.64. The van der Waals surface area contributed by atoms with Gasteiger partial charge in [-0.3, -0.25) is 14.4 Å². The molecule has 0 bridgehead atoms. The van der Waals surface area contributed by atoms with Gasteiger partial charge in [-0.05, 0) is 38.4 Å². The Balaban J connectivity index is 1.93. The normalized spacial score (nSPS) is 30.0. The number of likely N-dealkylation sites (N-methyl/N-ethyl adjacent to an activating group) is 1. The van der Waals surface area contributed by atoms with Crippen LogP contribution in [0.3, 0.4) is 0 Å². The third-order valence-corrected chi connectivity index (χ3v) is 6.81. The number of rotatable bonds is 3. The number of ketones is 2. The lowest BCUT2D eigenvalue weighted by atomic mass is 9.59. The first kappa shape index (κ1) is 21.2. The number of carbonyl (C=O) groups excluding carboxylic acids is 3. The van der Waals surface area contributed by atoms with Crippen molar-refractivity contribution in [2.75, 3.05) is 14.1 Å². The number of hydrogen-bond donors (Lipinski definition) is 5. The van der Waals surface area contributed by atoms with Gasteiger partial charge in [-0.1, -0.05) is 18.2 Å². The van der Waals surface area contributed by atoms with Gasteiger partial charge in [-0.2, -0.15) is 0 Å². The summed E-state index contributed by atoms with van der Waals surface area (Å²) in [6, 6.07) is 2.81. The molecule has 0 saturated carbocycles. The molecule has 0 aliphatic heterocycles. The van der Waals surface area contributed by atoms with Crippen LogP contribution in [0.15, 0.2) is 35.1 Å². The zero-order chi connectivity index (χ0) is 22.8. The van der Waals surface area contributed by atoms with Crippen molar-refractivity contribution >= 4 is 17.5 Å². The number of benzene rings is 1. The van der Waals surface area contributed by atoms with Crippen molar-refractivity contribution in [3.05, 3.63) is 51.8 Å². The van der Waals surface area contributed by atoms with Gasteiger partial charge in [0.2, 0.25) is 5.78 Å². The molecule has 0 aromatic heterocycles. The lowest BCUT2D eigenvalue weighted by molar-refractivity contribution is -0.146. The van der Waals surface area contributed by atoms with E-state index >= 15 is 0 Å². The maximum absolute atomic E-state index is 13.3. The maximum atomic E-state index is 13.3. The summed E-state index contributed by atoms with van der Waals surface area (Å²) in [7, 11) is 3.44. The third-order valence-electron chi connectivity index (χ3n) is 6.81. The molecule has 0 spiro atoms. The van der Waals surface area contributed by atoms with E-state index in [0.717, 1.165) is 0 Å². The minimum absolute atomic E-state index is 0.0147. The van der Waals surface area contributed by atoms with E-state index in [0.29, 0.717) is 17.5 Å². The summed E-state index contributed by atoms with van der Waals surface area (Å²) in [6.45, 7) is 0.0165. The number of fused-ring (bicyclic) bond motifs is 3. The van der Waals surface area contributed by atoms with Gasteiger partial charge in [0.15, 0.2) is 11.4 Å². The fourth-order valence-corrected chi connectivity index (χ4v) is 5.25. The number of nitrogens with zero attached hydrogens (tertiary/aromatic N) is 1. The number of nitrogens with two attached hydrogens (primary N) is 2. The molecule has 1 aromatic rings. The van der Waals surface area contributed by atoms with Gasteiger partial charge in [0.1, 0.15) is 11.5 Å². The van der Waals surface area contributed by atoms with Crippen LogP contribution in [0.1, 0.15) is 27.9 Å². The number of primary amides is 1. The lowest BCUT2D eigenvalue weighted by Crippen LogP contribution is -2.62. The number of amides is 1. The molecule has 3 aliphatic rings. The molecule has 9 nitrogen and oxygen atoms in total. The molecule has 0 heterocycles. The first-order valence-corrected chi connectivity index (χ1v) is 10.0. The van der Waals surface area contributed by atoms with Gasteiger partial charge in [0, 0.05) is 29.6 Å². The highest BCUT2D eigenvalue weighted by atomic mass is 16.3. The predicted octanol–water partition coefficient (Wildman–Crippen LogP) is -0.306. The highest BCUT2D eigenvalue weighted by molar-refractivity contribution is 6.24. The summed E-state index contributed by atoms with van der Waals surface area (Å²) in [5.74, 6) is -5.00. The fraction of sp³-hybridized carbons (Fsp3) is 0.409. The molecule has 7 N–H and O–H groups in total. The van der Waals surface area contributed by atoms with Crippen LogP contribution >= 0.6 is 0 Å². The number of aliphatic hydroxyl groups is 2. The summed E-state index contributed by atoms with van der Waals surface area (Å²) in [5, 5.41) is 33.1. The van der Waals surface area contributed by atoms with Crippen LogP contribution in [0.4, 0.5) is 0 Å². The van der Waals surface area contributed by atoms with Crippen molar-refractivity contribution in [1.82, 2.24) is 4.90 Å². The smallest absolute Gasteiger partial charge is 0.252 e. The molecule has 31 heavy (non-hydrogen) atoms. The van der Waals surface area contributed by atoms with Crippen LogP contribution < -0.4 is 11.5 Å². The minimum Gasteiger partial charge on any atom is -0.508 e. The number of allylic oxidation sites excluding steroid dienone is 1. The number of carbonyl (C=O) groups is 3. The standard InChI is InChI=1S/C22H25N3O6/c1-25(2)14-7-12(21(24)30)19(28)22(31)13(14)6-11-5-9-3-4-10(8-23)17(26)15(9)18(27)16(11)20(22)29/h3-4,7,11,13-14,26,29,31H,5-6,8,23H2,1-2H3,(H2,24,30)/t11-,13-,14+,22+/m0/s1. The summed E-state index contributed by atoms with van der Waals surface area (Å²) in [5.41, 5.74) is 8.99. The first-order chi connectivity index (χ1) is 14.5. The number of phenolic OH excluding ortho intramolecular Hbond substituents is 1. The SMILES string of the molecule is CN(C)[C@@H]1C=C(C(N)=O)C(=O)[C@@]2(O)C(O)=C3C(=O)c4c(ccc(CN)c4O)C[C@H]3C[C@@H]12. The van der Waals surface area contributed by atoms with E-state index in [1.807, 2.05) is 0 Å². The molecule has 164 valence electrons. The molecule has 0 saturated heterocycles. The van der Waals surface area contributed by atoms with Crippen LogP contribution in [0.5, 0.6) is 5.75 Å². The zero-order valence-electron chi connectivity index (χ0n) is 17.3. The zero-order valence-corrected chi connectivity index (χ0v) is 17.3. The summed E-state index contributed by atoms with van der Waals surface area (Å²) < 4.78 is 0. The van der Waals surface area contributed by atoms with Gasteiger partial charge in [0.05, 0.1) is 11.1 Å². The molecule has 4 atom stereocenters. The quantitative estimate of drug-likeness (QED) is 0.410. The van der Waals surface area contributed by atoms with Gasteiger partial charge >= 0.3 is 0 Å². The Morgan fingerprint density at radius 1 is 1.26 bits per heavy atom. The molecule has 0 fully saturated rings. The Bertz CT molecular complexity index is 1090. The van der Waals surface area contributed by atoms with Crippen LogP contribution in [-0.2, 0) is 22.6 Å². The molecule has 1 aromatic carbocycles. The highest BCUT2D eigenvalue weighted by Crippen LogP contribution is 2.51. The molecule has 1 amide bonds. The third kappa shape index (κ3) is 2.77. The van der Waals surface area contributed by atoms with E-state index in [-0.39, 0.29) is 29.9 Å². The van der Waals surface area contributed by atoms with E-state index in [1.54, 1.807) is 31.1 Å². The largest absolute Gasteiger partial charge is 0.508 e. The monoisotopic (exact) mass is 427 g/mol. The van der Waals surface area contributed by atoms with E-state index in [9.17, 15) is 29.7 Å². The molecule has 9 heteroatoms. The average Bonchev–Trinajstić information content (AvgIpc) is 2.70. The first-order valence-electron chi connectivity index (χ1n) is 10.0. The second kappa shape index (κ2) is 7.01. The Kier molecular flexibility index (Phi) is 4.80. The van der Waals surface area contributed by atoms with E-state index in [1.165, 1.54) is 6.08 Å². The van der Waals surface area contributed by atoms with Crippen LogP contribution in [0.25, 0.3) is 0 Å². The van der Waals surface area contributed by atoms with Crippen LogP contribution in [0.2, 0.25) is 0 Å². The second-order valence-electron chi connectivity index (χ2n) is 8.64. The number of aliphatic hydroxyl groups excluding tert-OH is 1. The Morgan fingerprint density at radius 2 is 1.94 bits per heavy atom. The van der Waals surface area contributed by atoms with Gasteiger partial charge in [-0.15, -0.1) is 0 Å². The average molecular weight is 427 g/mol. The number of Topliss-reactive ketones (excluding diaryl/α,β-unsaturated/α-hetero) is 2. The number of aromatic hydroxyl groups is 1. The topological polar surface area (TPSA) is 167 Å². The molecule has 4 rings (SSSR count). The van der Waals surface area contributed by atoms with E-state index < -0.39 is 52.3 Å². The molecule has 0 radical (unpaired) electrons. The molecule has 0 unspecified atom stereocenters. The van der Waals surface area contributed by atoms with Crippen molar-refractivity contribution < 1.29 is 29.7 Å². The summed E-state index contributed by atoms with van der Waals surface area (Å²) >= 11 is 0. The maximum Gasteiger partial charge on any atom is 0.252 e. The lowest BCUT2D eigenvalue weighted by Gasteiger charge is -2.49. The van der Waals surface area contributed by atoms with Crippen molar-refractivity contribution in [1.29, 1.82) is 0 Å². The van der Waals surface area contributed by atoms with Gasteiger partial charge < -0.3 is 31.7 Å². The van der Waals surface area contributed by atoms with Gasteiger partial charge in [0.25, 0.3) is 5.91 Å². The Hall–Kier alpha value is -3.01. The van der Waals surface area contributed by atoms with Crippen LogP contribution in [-0.4, -0.2) is 63.4 Å². The van der Waals surface area contributed by atoms with Crippen molar-refractivity contribution in [2.45, 2.75) is 31.0 Å². The predicted molar refractivity (Wildman–Crippen MR) is 110 cm³/mol. The van der Waals surface area contributed by atoms with E-state index in [2.05, 4.69) is 0 Å². The van der Waals surface area contributed by atoms with E-state index in [4.69, 9.17) is 11.5 Å². The van der Waals surface area contributed by atoms with Crippen LogP contribution in [0, 0.1) is 11.8 Å². The Labute approximate surface area is 178 Å². The van der Waals surface area contributed by atoms with Gasteiger partial charge in [-0.25, -0.2) is 0 Å². The highest BCUT2D eigenvalue weighted by Gasteiger charge is 2.60. The molecular formula is C22H25N3O6. The minimum atomic E-state index is -2.46. The van der Waals surface area contributed by atoms with Crippen molar-refractivity contribution in [3.63, 3.8) is 0 Å². The summed E-state index contributed by atoms with van der Waals surface area (Å²) in [4.78, 5) is 40.0. The summed E-state index contributed by atoms with van der Waals surface area (Å²) in [6.07, 6.45) is 1.98.